The molecule has 0 fully saturated rings. The van der Waals surface area contributed by atoms with Crippen molar-refractivity contribution in [2.24, 2.45) is 0 Å². The van der Waals surface area contributed by atoms with E-state index in [0.717, 1.165) is 17.7 Å². The molecule has 2 heterocycles. The maximum Gasteiger partial charge on any atom is 0.286 e. The van der Waals surface area contributed by atoms with Crippen LogP contribution in [0.4, 0.5) is 0 Å². The standard InChI is InChI=1S/C18H19ClN2O3S/c19-12-5-6-16-13(11-12)14(7-10-25-16)21-17(22)4-1-8-20-18(23)15-3-2-9-24-15/h2-3,5-6,9,11,14H,1,4,7-8,10H2,(H,20,23)(H,21,22). The van der Waals surface area contributed by atoms with Crippen molar-refractivity contribution in [2.75, 3.05) is 12.3 Å². The summed E-state index contributed by atoms with van der Waals surface area (Å²) in [6.45, 7) is 0.426. The first-order chi connectivity index (χ1) is 12.1. The van der Waals surface area contributed by atoms with Gasteiger partial charge in [-0.3, -0.25) is 9.59 Å². The van der Waals surface area contributed by atoms with Crippen molar-refractivity contribution in [1.82, 2.24) is 10.6 Å². The molecule has 1 aliphatic rings. The fraction of sp³-hybridized carbons (Fsp3) is 0.333. The van der Waals surface area contributed by atoms with Gasteiger partial charge in [-0.15, -0.1) is 11.8 Å². The molecule has 3 rings (SSSR count). The Morgan fingerprint density at radius 2 is 2.20 bits per heavy atom. The Hall–Kier alpha value is -1.92. The van der Waals surface area contributed by atoms with Gasteiger partial charge in [-0.2, -0.15) is 0 Å². The number of benzene rings is 1. The van der Waals surface area contributed by atoms with Crippen LogP contribution in [-0.2, 0) is 4.79 Å². The van der Waals surface area contributed by atoms with Crippen molar-refractivity contribution < 1.29 is 14.0 Å². The highest BCUT2D eigenvalue weighted by molar-refractivity contribution is 7.99. The van der Waals surface area contributed by atoms with Gasteiger partial charge in [-0.25, -0.2) is 0 Å². The van der Waals surface area contributed by atoms with E-state index < -0.39 is 0 Å². The molecule has 2 N–H and O–H groups in total. The van der Waals surface area contributed by atoms with Crippen LogP contribution in [0.15, 0.2) is 45.9 Å². The van der Waals surface area contributed by atoms with Crippen LogP contribution < -0.4 is 10.6 Å². The lowest BCUT2D eigenvalue weighted by atomic mass is 10.0. The summed E-state index contributed by atoms with van der Waals surface area (Å²) in [4.78, 5) is 25.1. The Labute approximate surface area is 155 Å². The summed E-state index contributed by atoms with van der Waals surface area (Å²) in [5, 5.41) is 6.49. The van der Waals surface area contributed by atoms with Crippen LogP contribution >= 0.6 is 23.4 Å². The largest absolute Gasteiger partial charge is 0.459 e. The van der Waals surface area contributed by atoms with E-state index in [0.29, 0.717) is 24.4 Å². The minimum absolute atomic E-state index is 0.000148. The number of rotatable bonds is 6. The summed E-state index contributed by atoms with van der Waals surface area (Å²) < 4.78 is 5.01. The zero-order valence-electron chi connectivity index (χ0n) is 13.6. The highest BCUT2D eigenvalue weighted by Gasteiger charge is 2.22. The number of nitrogens with one attached hydrogen (secondary N) is 2. The van der Waals surface area contributed by atoms with E-state index in [4.69, 9.17) is 16.0 Å². The van der Waals surface area contributed by atoms with Gasteiger partial charge < -0.3 is 15.1 Å². The summed E-state index contributed by atoms with van der Waals surface area (Å²) in [6, 6.07) is 9.07. The van der Waals surface area contributed by atoms with Crippen LogP contribution in [0.2, 0.25) is 5.02 Å². The van der Waals surface area contributed by atoms with Gasteiger partial charge in [0, 0.05) is 28.6 Å². The molecule has 1 aliphatic heterocycles. The Morgan fingerprint density at radius 3 is 3.00 bits per heavy atom. The predicted octanol–water partition coefficient (Wildman–Crippen LogP) is 3.80. The van der Waals surface area contributed by atoms with Crippen LogP contribution in [0.25, 0.3) is 0 Å². The van der Waals surface area contributed by atoms with E-state index in [1.54, 1.807) is 23.9 Å². The van der Waals surface area contributed by atoms with Gasteiger partial charge in [0.25, 0.3) is 5.91 Å². The molecule has 2 amide bonds. The molecule has 0 spiro atoms. The fourth-order valence-corrected chi connectivity index (χ4v) is 4.01. The minimum atomic E-state index is -0.265. The number of furan rings is 1. The number of thioether (sulfide) groups is 1. The second kappa shape index (κ2) is 8.45. The van der Waals surface area contributed by atoms with Crippen molar-refractivity contribution >= 4 is 35.2 Å². The molecule has 25 heavy (non-hydrogen) atoms. The second-order valence-electron chi connectivity index (χ2n) is 5.78. The predicted molar refractivity (Wildman–Crippen MR) is 98.0 cm³/mol. The summed E-state index contributed by atoms with van der Waals surface area (Å²) in [6.07, 6.45) is 3.27. The average molecular weight is 379 g/mol. The SMILES string of the molecule is O=C(CCCNC(=O)c1ccco1)NC1CCSc2ccc(Cl)cc21. The average Bonchev–Trinajstić information content (AvgIpc) is 3.14. The van der Waals surface area contributed by atoms with Crippen LogP contribution in [0.3, 0.4) is 0 Å². The molecule has 1 aromatic heterocycles. The number of carbonyl (C=O) groups excluding carboxylic acids is 2. The minimum Gasteiger partial charge on any atom is -0.459 e. The highest BCUT2D eigenvalue weighted by atomic mass is 35.5. The van der Waals surface area contributed by atoms with Crippen molar-refractivity contribution in [3.63, 3.8) is 0 Å². The van der Waals surface area contributed by atoms with E-state index in [1.165, 1.54) is 11.2 Å². The maximum absolute atomic E-state index is 12.2. The normalized spacial score (nSPS) is 16.1. The lowest BCUT2D eigenvalue weighted by Gasteiger charge is -2.26. The number of halogens is 1. The molecule has 0 saturated heterocycles. The zero-order chi connectivity index (χ0) is 17.6. The van der Waals surface area contributed by atoms with Crippen molar-refractivity contribution in [2.45, 2.75) is 30.2 Å². The van der Waals surface area contributed by atoms with Gasteiger partial charge in [0.2, 0.25) is 5.91 Å². The van der Waals surface area contributed by atoms with E-state index in [-0.39, 0.29) is 23.6 Å². The number of carbonyl (C=O) groups is 2. The first kappa shape index (κ1) is 17.9. The van der Waals surface area contributed by atoms with Gasteiger partial charge in [-0.1, -0.05) is 11.6 Å². The molecule has 2 aromatic rings. The summed E-state index contributed by atoms with van der Waals surface area (Å²) in [5.74, 6) is 0.963. The number of fused-ring (bicyclic) bond motifs is 1. The van der Waals surface area contributed by atoms with E-state index in [9.17, 15) is 9.59 Å². The van der Waals surface area contributed by atoms with Crippen molar-refractivity contribution in [1.29, 1.82) is 0 Å². The third-order valence-corrected chi connectivity index (χ3v) is 5.32. The Morgan fingerprint density at radius 1 is 1.32 bits per heavy atom. The van der Waals surface area contributed by atoms with E-state index in [1.807, 2.05) is 18.2 Å². The van der Waals surface area contributed by atoms with Gasteiger partial charge in [-0.05, 0) is 48.7 Å². The van der Waals surface area contributed by atoms with E-state index in [2.05, 4.69) is 10.6 Å². The summed E-state index contributed by atoms with van der Waals surface area (Å²) in [5.41, 5.74) is 1.09. The molecule has 1 aromatic carbocycles. The molecule has 132 valence electrons. The van der Waals surface area contributed by atoms with Gasteiger partial charge in [0.05, 0.1) is 12.3 Å². The van der Waals surface area contributed by atoms with Crippen LogP contribution in [0, 0.1) is 0 Å². The monoisotopic (exact) mass is 378 g/mol. The lowest BCUT2D eigenvalue weighted by molar-refractivity contribution is -0.122. The Kier molecular flexibility index (Phi) is 6.04. The van der Waals surface area contributed by atoms with Crippen LogP contribution in [0.5, 0.6) is 0 Å². The number of amides is 2. The third kappa shape index (κ3) is 4.80. The second-order valence-corrected chi connectivity index (χ2v) is 7.35. The third-order valence-electron chi connectivity index (χ3n) is 3.96. The molecule has 1 unspecified atom stereocenters. The molecule has 0 aliphatic carbocycles. The first-order valence-electron chi connectivity index (χ1n) is 8.17. The summed E-state index contributed by atoms with van der Waals surface area (Å²) >= 11 is 7.87. The molecule has 1 atom stereocenters. The first-order valence-corrected chi connectivity index (χ1v) is 9.53. The fourth-order valence-electron chi connectivity index (χ4n) is 2.73. The molecule has 7 heteroatoms. The van der Waals surface area contributed by atoms with Crippen molar-refractivity contribution in [3.8, 4) is 0 Å². The smallest absolute Gasteiger partial charge is 0.286 e. The molecule has 0 saturated carbocycles. The lowest BCUT2D eigenvalue weighted by Crippen LogP contribution is -2.31. The maximum atomic E-state index is 12.2. The summed E-state index contributed by atoms with van der Waals surface area (Å²) in [7, 11) is 0. The molecule has 0 radical (unpaired) electrons. The Balaban J connectivity index is 1.44. The van der Waals surface area contributed by atoms with Crippen LogP contribution in [0.1, 0.15) is 41.4 Å². The number of hydrogen-bond acceptors (Lipinski definition) is 4. The molecule has 5 nitrogen and oxygen atoms in total. The Bertz CT molecular complexity index is 749. The zero-order valence-corrected chi connectivity index (χ0v) is 15.2. The highest BCUT2D eigenvalue weighted by Crippen LogP contribution is 2.37. The van der Waals surface area contributed by atoms with Gasteiger partial charge in [0.1, 0.15) is 0 Å². The van der Waals surface area contributed by atoms with E-state index >= 15 is 0 Å². The van der Waals surface area contributed by atoms with Gasteiger partial charge in [0.15, 0.2) is 5.76 Å². The molecular weight excluding hydrogens is 360 g/mol. The van der Waals surface area contributed by atoms with Gasteiger partial charge >= 0.3 is 0 Å². The quantitative estimate of drug-likeness (QED) is 0.750. The number of hydrogen-bond donors (Lipinski definition) is 2. The molecular formula is C18H19ClN2O3S. The topological polar surface area (TPSA) is 71.3 Å². The van der Waals surface area contributed by atoms with Crippen LogP contribution in [-0.4, -0.2) is 24.1 Å². The molecule has 0 bridgehead atoms. The van der Waals surface area contributed by atoms with Crippen molar-refractivity contribution in [3.05, 3.63) is 52.9 Å².